The molecule has 0 radical (unpaired) electrons. The maximum atomic E-state index is 13.1. The molecule has 106 valence electrons. The minimum absolute atomic E-state index is 0.0250. The fourth-order valence-electron chi connectivity index (χ4n) is 2.30. The Morgan fingerprint density at radius 3 is 2.95 bits per heavy atom. The van der Waals surface area contributed by atoms with E-state index in [9.17, 15) is 12.8 Å². The first-order chi connectivity index (χ1) is 8.99. The molecule has 1 unspecified atom stereocenters. The third kappa shape index (κ3) is 3.75. The van der Waals surface area contributed by atoms with Crippen LogP contribution in [-0.4, -0.2) is 28.1 Å². The normalized spacial score (nSPS) is 19.8. The molecule has 0 spiro atoms. The van der Waals surface area contributed by atoms with E-state index in [0.29, 0.717) is 18.0 Å². The van der Waals surface area contributed by atoms with Gasteiger partial charge in [-0.1, -0.05) is 6.07 Å². The third-order valence-electron chi connectivity index (χ3n) is 3.45. The van der Waals surface area contributed by atoms with E-state index in [0.717, 1.165) is 32.0 Å². The lowest BCUT2D eigenvalue weighted by Gasteiger charge is -2.11. The smallest absolute Gasteiger partial charge is 0.240 e. The van der Waals surface area contributed by atoms with Crippen molar-refractivity contribution >= 4 is 10.0 Å². The molecule has 1 aromatic rings. The van der Waals surface area contributed by atoms with Crippen LogP contribution in [0, 0.1) is 18.7 Å². The predicted molar refractivity (Wildman–Crippen MR) is 71.9 cm³/mol. The molecule has 1 aromatic carbocycles. The van der Waals surface area contributed by atoms with Gasteiger partial charge in [-0.2, -0.15) is 0 Å². The summed E-state index contributed by atoms with van der Waals surface area (Å²) in [6, 6.07) is 3.80. The van der Waals surface area contributed by atoms with Gasteiger partial charge in [-0.25, -0.2) is 17.5 Å². The minimum Gasteiger partial charge on any atom is -0.316 e. The van der Waals surface area contributed by atoms with Crippen molar-refractivity contribution in [2.75, 3.05) is 19.6 Å². The molecule has 19 heavy (non-hydrogen) atoms. The second-order valence-corrected chi connectivity index (χ2v) is 6.69. The molecular formula is C13H19FN2O2S. The molecular weight excluding hydrogens is 267 g/mol. The largest absolute Gasteiger partial charge is 0.316 e. The van der Waals surface area contributed by atoms with Crippen LogP contribution in [0.25, 0.3) is 0 Å². The van der Waals surface area contributed by atoms with Crippen LogP contribution in [0.4, 0.5) is 4.39 Å². The van der Waals surface area contributed by atoms with Crippen LogP contribution in [0.5, 0.6) is 0 Å². The number of halogens is 1. The summed E-state index contributed by atoms with van der Waals surface area (Å²) in [5, 5.41) is 3.24. The van der Waals surface area contributed by atoms with Gasteiger partial charge in [0.05, 0.1) is 4.90 Å². The summed E-state index contributed by atoms with van der Waals surface area (Å²) in [4.78, 5) is 0.0250. The van der Waals surface area contributed by atoms with E-state index in [1.54, 1.807) is 6.92 Å². The average Bonchev–Trinajstić information content (AvgIpc) is 2.85. The van der Waals surface area contributed by atoms with Gasteiger partial charge in [0, 0.05) is 6.54 Å². The SMILES string of the molecule is Cc1ccc(F)cc1S(=O)(=O)NCCC1CCNC1. The lowest BCUT2D eigenvalue weighted by atomic mass is 10.1. The molecule has 1 aliphatic heterocycles. The van der Waals surface area contributed by atoms with E-state index in [4.69, 9.17) is 0 Å². The molecule has 4 nitrogen and oxygen atoms in total. The summed E-state index contributed by atoms with van der Waals surface area (Å²) in [6.45, 7) is 4.00. The van der Waals surface area contributed by atoms with E-state index >= 15 is 0 Å². The molecule has 2 rings (SSSR count). The fraction of sp³-hybridized carbons (Fsp3) is 0.538. The van der Waals surface area contributed by atoms with Gasteiger partial charge in [0.15, 0.2) is 0 Å². The number of benzene rings is 1. The molecule has 1 aliphatic rings. The summed E-state index contributed by atoms with van der Waals surface area (Å²) in [5.41, 5.74) is 0.552. The van der Waals surface area contributed by atoms with Gasteiger partial charge >= 0.3 is 0 Å². The number of hydrogen-bond acceptors (Lipinski definition) is 3. The van der Waals surface area contributed by atoms with E-state index in [2.05, 4.69) is 10.0 Å². The number of hydrogen-bond donors (Lipinski definition) is 2. The first-order valence-electron chi connectivity index (χ1n) is 6.45. The first kappa shape index (κ1) is 14.4. The highest BCUT2D eigenvalue weighted by molar-refractivity contribution is 7.89. The van der Waals surface area contributed by atoms with Gasteiger partial charge in [-0.15, -0.1) is 0 Å². The molecule has 0 bridgehead atoms. The maximum Gasteiger partial charge on any atom is 0.240 e. The van der Waals surface area contributed by atoms with Crippen LogP contribution in [-0.2, 0) is 10.0 Å². The predicted octanol–water partition coefficient (Wildman–Crippen LogP) is 1.41. The highest BCUT2D eigenvalue weighted by Gasteiger charge is 2.19. The Morgan fingerprint density at radius 2 is 2.26 bits per heavy atom. The Hall–Kier alpha value is -0.980. The number of nitrogens with one attached hydrogen (secondary N) is 2. The van der Waals surface area contributed by atoms with Crippen molar-refractivity contribution in [3.05, 3.63) is 29.6 Å². The summed E-state index contributed by atoms with van der Waals surface area (Å²) < 4.78 is 39.9. The van der Waals surface area contributed by atoms with Crippen LogP contribution < -0.4 is 10.0 Å². The lowest BCUT2D eigenvalue weighted by Crippen LogP contribution is -2.27. The van der Waals surface area contributed by atoms with Crippen LogP contribution in [0.15, 0.2) is 23.1 Å². The van der Waals surface area contributed by atoms with Gasteiger partial charge in [-0.05, 0) is 56.5 Å². The topological polar surface area (TPSA) is 58.2 Å². The summed E-state index contributed by atoms with van der Waals surface area (Å²) in [7, 11) is -3.62. The second kappa shape index (κ2) is 5.98. The maximum absolute atomic E-state index is 13.1. The molecule has 1 atom stereocenters. The molecule has 1 saturated heterocycles. The summed E-state index contributed by atoms with van der Waals surface area (Å²) in [6.07, 6.45) is 1.89. The lowest BCUT2D eigenvalue weighted by molar-refractivity contribution is 0.518. The zero-order valence-electron chi connectivity index (χ0n) is 10.9. The van der Waals surface area contributed by atoms with E-state index in [1.807, 2.05) is 0 Å². The first-order valence-corrected chi connectivity index (χ1v) is 7.94. The van der Waals surface area contributed by atoms with Crippen molar-refractivity contribution in [3.63, 3.8) is 0 Å². The standard InChI is InChI=1S/C13H19FN2O2S/c1-10-2-3-12(14)8-13(10)19(17,18)16-7-5-11-4-6-15-9-11/h2-3,8,11,15-16H,4-7,9H2,1H3. The van der Waals surface area contributed by atoms with Crippen LogP contribution in [0.1, 0.15) is 18.4 Å². The van der Waals surface area contributed by atoms with Gasteiger partial charge in [-0.3, -0.25) is 0 Å². The molecule has 0 amide bonds. The Bertz CT molecular complexity index is 540. The quantitative estimate of drug-likeness (QED) is 0.860. The Balaban J connectivity index is 1.99. The number of rotatable bonds is 5. The van der Waals surface area contributed by atoms with E-state index < -0.39 is 15.8 Å². The highest BCUT2D eigenvalue weighted by Crippen LogP contribution is 2.17. The number of sulfonamides is 1. The van der Waals surface area contributed by atoms with Gasteiger partial charge in [0.1, 0.15) is 5.82 Å². The number of aryl methyl sites for hydroxylation is 1. The van der Waals surface area contributed by atoms with Crippen molar-refractivity contribution < 1.29 is 12.8 Å². The second-order valence-electron chi connectivity index (χ2n) is 4.96. The van der Waals surface area contributed by atoms with Crippen LogP contribution in [0.2, 0.25) is 0 Å². The Labute approximate surface area is 113 Å². The van der Waals surface area contributed by atoms with Crippen LogP contribution >= 0.6 is 0 Å². The highest BCUT2D eigenvalue weighted by atomic mass is 32.2. The zero-order valence-corrected chi connectivity index (χ0v) is 11.8. The van der Waals surface area contributed by atoms with Crippen molar-refractivity contribution in [1.82, 2.24) is 10.0 Å². The molecule has 1 fully saturated rings. The molecule has 1 heterocycles. The molecule has 2 N–H and O–H groups in total. The third-order valence-corrected chi connectivity index (χ3v) is 5.05. The molecule has 6 heteroatoms. The summed E-state index contributed by atoms with van der Waals surface area (Å²) in [5.74, 6) is -0.0118. The van der Waals surface area contributed by atoms with Crippen molar-refractivity contribution in [2.24, 2.45) is 5.92 Å². The van der Waals surface area contributed by atoms with Crippen LogP contribution in [0.3, 0.4) is 0 Å². The monoisotopic (exact) mass is 286 g/mol. The summed E-state index contributed by atoms with van der Waals surface area (Å²) >= 11 is 0. The van der Waals surface area contributed by atoms with Gasteiger partial charge < -0.3 is 5.32 Å². The van der Waals surface area contributed by atoms with Gasteiger partial charge in [0.25, 0.3) is 0 Å². The van der Waals surface area contributed by atoms with Crippen molar-refractivity contribution in [3.8, 4) is 0 Å². The Kier molecular flexibility index (Phi) is 4.54. The van der Waals surface area contributed by atoms with E-state index in [-0.39, 0.29) is 4.90 Å². The minimum atomic E-state index is -3.62. The Morgan fingerprint density at radius 1 is 1.47 bits per heavy atom. The van der Waals surface area contributed by atoms with Gasteiger partial charge in [0.2, 0.25) is 10.0 Å². The average molecular weight is 286 g/mol. The zero-order chi connectivity index (χ0) is 13.9. The van der Waals surface area contributed by atoms with Crippen molar-refractivity contribution in [2.45, 2.75) is 24.7 Å². The van der Waals surface area contributed by atoms with E-state index in [1.165, 1.54) is 12.1 Å². The molecule has 0 aliphatic carbocycles. The molecule has 0 aromatic heterocycles. The van der Waals surface area contributed by atoms with Crippen molar-refractivity contribution in [1.29, 1.82) is 0 Å². The molecule has 0 saturated carbocycles. The fourth-order valence-corrected chi connectivity index (χ4v) is 3.60.